The average Bonchev–Trinajstić information content (AvgIpc) is 3.15. The van der Waals surface area contributed by atoms with Gasteiger partial charge < -0.3 is 20.5 Å². The Morgan fingerprint density at radius 3 is 2.06 bits per heavy atom. The van der Waals surface area contributed by atoms with Gasteiger partial charge in [-0.05, 0) is 41.0 Å². The summed E-state index contributed by atoms with van der Waals surface area (Å²) in [6, 6.07) is 15.2. The van der Waals surface area contributed by atoms with Crippen LogP contribution in [-0.2, 0) is 14.3 Å². The molecule has 0 spiro atoms. The average molecular weight is 465 g/mol. The molecule has 3 N–H and O–H groups in total. The molecule has 1 atom stereocenters. The minimum absolute atomic E-state index is 0.0772. The first-order chi connectivity index (χ1) is 16.3. The van der Waals surface area contributed by atoms with Gasteiger partial charge in [-0.15, -0.1) is 0 Å². The van der Waals surface area contributed by atoms with Crippen LogP contribution in [0, 0.1) is 5.92 Å². The second kappa shape index (κ2) is 9.87. The summed E-state index contributed by atoms with van der Waals surface area (Å²) in [6.45, 7) is 3.64. The molecule has 2 aliphatic carbocycles. The maximum absolute atomic E-state index is 13.2. The molecule has 0 saturated heterocycles. The summed E-state index contributed by atoms with van der Waals surface area (Å²) in [5.41, 5.74) is 3.35. The van der Waals surface area contributed by atoms with Gasteiger partial charge in [0.25, 0.3) is 0 Å². The minimum Gasteiger partial charge on any atom is -0.480 e. The van der Waals surface area contributed by atoms with Gasteiger partial charge in [-0.2, -0.15) is 0 Å². The lowest BCUT2D eigenvalue weighted by Gasteiger charge is -2.37. The van der Waals surface area contributed by atoms with Crippen LogP contribution < -0.4 is 10.6 Å². The molecule has 180 valence electrons. The van der Waals surface area contributed by atoms with Gasteiger partial charge in [0.15, 0.2) is 0 Å². The van der Waals surface area contributed by atoms with Gasteiger partial charge in [0.05, 0.1) is 0 Å². The number of carbonyl (C=O) groups excluding carboxylic acids is 2. The van der Waals surface area contributed by atoms with Crippen LogP contribution in [0.4, 0.5) is 4.79 Å². The number of hydrogen-bond acceptors (Lipinski definition) is 4. The molecule has 2 aliphatic rings. The molecular weight excluding hydrogens is 432 g/mol. The fourth-order valence-corrected chi connectivity index (χ4v) is 5.19. The van der Waals surface area contributed by atoms with Gasteiger partial charge >= 0.3 is 12.1 Å². The molecule has 1 saturated carbocycles. The Balaban J connectivity index is 1.47. The number of alkyl carbamates (subject to hydrolysis) is 1. The summed E-state index contributed by atoms with van der Waals surface area (Å²) in [7, 11) is 0. The van der Waals surface area contributed by atoms with E-state index < -0.39 is 29.6 Å². The Hall–Kier alpha value is -3.35. The summed E-state index contributed by atoms with van der Waals surface area (Å²) in [5, 5.41) is 15.0. The van der Waals surface area contributed by atoms with Crippen molar-refractivity contribution in [2.45, 2.75) is 63.5 Å². The number of carboxylic acid groups (broad SMARTS) is 1. The summed E-state index contributed by atoms with van der Waals surface area (Å²) in [6.07, 6.45) is 2.76. The molecule has 7 nitrogen and oxygen atoms in total. The van der Waals surface area contributed by atoms with Crippen LogP contribution in [0.2, 0.25) is 0 Å². The summed E-state index contributed by atoms with van der Waals surface area (Å²) < 4.78 is 5.67. The standard InChI is InChI=1S/C27H32N2O5/c1-17(2)23(24(30)31)28-25(32)27(14-8-3-9-15-27)29-26(33)34-16-22-20-12-6-4-10-18(20)19-11-5-7-13-21(19)22/h4-7,10-13,17,22-23H,3,8-9,14-16H2,1-2H3,(H,28,32)(H,29,33)(H,30,31). The van der Waals surface area contributed by atoms with Gasteiger partial charge in [0.1, 0.15) is 18.2 Å². The maximum Gasteiger partial charge on any atom is 0.408 e. The highest BCUT2D eigenvalue weighted by atomic mass is 16.5. The molecular formula is C27H32N2O5. The fraction of sp³-hybridized carbons (Fsp3) is 0.444. The monoisotopic (exact) mass is 464 g/mol. The van der Waals surface area contributed by atoms with Crippen molar-refractivity contribution in [3.05, 3.63) is 59.7 Å². The number of rotatable bonds is 7. The molecule has 2 aromatic rings. The van der Waals surface area contributed by atoms with E-state index in [9.17, 15) is 19.5 Å². The smallest absolute Gasteiger partial charge is 0.408 e. The zero-order valence-electron chi connectivity index (χ0n) is 19.7. The number of ether oxygens (including phenoxy) is 1. The quantitative estimate of drug-likeness (QED) is 0.561. The number of amides is 2. The first-order valence-electron chi connectivity index (χ1n) is 12.0. The van der Waals surface area contributed by atoms with Crippen LogP contribution in [-0.4, -0.2) is 41.3 Å². The topological polar surface area (TPSA) is 105 Å². The van der Waals surface area contributed by atoms with E-state index in [1.54, 1.807) is 13.8 Å². The van der Waals surface area contributed by atoms with Crippen LogP contribution in [0.5, 0.6) is 0 Å². The molecule has 0 radical (unpaired) electrons. The Morgan fingerprint density at radius 1 is 0.971 bits per heavy atom. The first-order valence-corrected chi connectivity index (χ1v) is 12.0. The molecule has 0 heterocycles. The molecule has 7 heteroatoms. The van der Waals surface area contributed by atoms with Crippen molar-refractivity contribution < 1.29 is 24.2 Å². The fourth-order valence-electron chi connectivity index (χ4n) is 5.19. The highest BCUT2D eigenvalue weighted by Crippen LogP contribution is 2.44. The Morgan fingerprint density at radius 2 is 1.53 bits per heavy atom. The lowest BCUT2D eigenvalue weighted by molar-refractivity contribution is -0.144. The van der Waals surface area contributed by atoms with Crippen molar-refractivity contribution in [1.82, 2.24) is 10.6 Å². The molecule has 1 unspecified atom stereocenters. The maximum atomic E-state index is 13.2. The number of benzene rings is 2. The van der Waals surface area contributed by atoms with Crippen molar-refractivity contribution in [1.29, 1.82) is 0 Å². The van der Waals surface area contributed by atoms with E-state index in [1.165, 1.54) is 0 Å². The third kappa shape index (κ3) is 4.65. The Labute approximate surface area is 199 Å². The molecule has 2 aromatic carbocycles. The number of hydrogen-bond donors (Lipinski definition) is 3. The molecule has 34 heavy (non-hydrogen) atoms. The van der Waals surface area contributed by atoms with Gasteiger partial charge in [-0.25, -0.2) is 9.59 Å². The lowest BCUT2D eigenvalue weighted by atomic mass is 9.80. The number of fused-ring (bicyclic) bond motifs is 3. The van der Waals surface area contributed by atoms with Crippen molar-refractivity contribution in [3.8, 4) is 11.1 Å². The second-order valence-electron chi connectivity index (χ2n) is 9.63. The third-order valence-corrected chi connectivity index (χ3v) is 7.05. The zero-order chi connectivity index (χ0) is 24.3. The predicted octanol–water partition coefficient (Wildman–Crippen LogP) is 4.45. The van der Waals surface area contributed by atoms with Gasteiger partial charge in [-0.1, -0.05) is 81.6 Å². The second-order valence-corrected chi connectivity index (χ2v) is 9.63. The molecule has 0 aliphatic heterocycles. The first kappa shape index (κ1) is 23.8. The highest BCUT2D eigenvalue weighted by molar-refractivity contribution is 5.93. The van der Waals surface area contributed by atoms with E-state index in [2.05, 4.69) is 34.9 Å². The van der Waals surface area contributed by atoms with Crippen LogP contribution in [0.25, 0.3) is 11.1 Å². The minimum atomic E-state index is -1.16. The summed E-state index contributed by atoms with van der Waals surface area (Å²) >= 11 is 0. The number of carbonyl (C=O) groups is 3. The van der Waals surface area contributed by atoms with Crippen LogP contribution in [0.1, 0.15) is 63.0 Å². The molecule has 0 aromatic heterocycles. The van der Waals surface area contributed by atoms with Gasteiger partial charge in [0.2, 0.25) is 5.91 Å². The van der Waals surface area contributed by atoms with E-state index in [1.807, 2.05) is 24.3 Å². The summed E-state index contributed by atoms with van der Waals surface area (Å²) in [5.74, 6) is -1.90. The predicted molar refractivity (Wildman–Crippen MR) is 128 cm³/mol. The SMILES string of the molecule is CC(C)C(NC(=O)C1(NC(=O)OCC2c3ccccc3-c3ccccc32)CCCCC1)C(=O)O. The summed E-state index contributed by atoms with van der Waals surface area (Å²) in [4.78, 5) is 37.8. The Bertz CT molecular complexity index is 1030. The van der Waals surface area contributed by atoms with Crippen LogP contribution in [0.3, 0.4) is 0 Å². The Kier molecular flexibility index (Phi) is 6.91. The zero-order valence-corrected chi connectivity index (χ0v) is 19.7. The van der Waals surface area contributed by atoms with Crippen molar-refractivity contribution in [3.63, 3.8) is 0 Å². The largest absolute Gasteiger partial charge is 0.480 e. The van der Waals surface area contributed by atoms with E-state index in [4.69, 9.17) is 4.74 Å². The van der Waals surface area contributed by atoms with Crippen LogP contribution in [0.15, 0.2) is 48.5 Å². The van der Waals surface area contributed by atoms with Crippen molar-refractivity contribution in [2.24, 2.45) is 5.92 Å². The van der Waals surface area contributed by atoms with Crippen LogP contribution >= 0.6 is 0 Å². The number of nitrogens with one attached hydrogen (secondary N) is 2. The number of carboxylic acids is 1. The van der Waals surface area contributed by atoms with E-state index >= 15 is 0 Å². The highest BCUT2D eigenvalue weighted by Gasteiger charge is 2.43. The normalized spacial score (nSPS) is 17.4. The molecule has 2 amide bonds. The lowest BCUT2D eigenvalue weighted by Crippen LogP contribution is -2.62. The van der Waals surface area contributed by atoms with Crippen molar-refractivity contribution >= 4 is 18.0 Å². The van der Waals surface area contributed by atoms with Gasteiger partial charge in [-0.3, -0.25) is 4.79 Å². The van der Waals surface area contributed by atoms with E-state index in [0.717, 1.165) is 41.5 Å². The molecule has 1 fully saturated rings. The van der Waals surface area contributed by atoms with E-state index in [0.29, 0.717) is 12.8 Å². The van der Waals surface area contributed by atoms with E-state index in [-0.39, 0.29) is 18.4 Å². The van der Waals surface area contributed by atoms with Gasteiger partial charge in [0, 0.05) is 5.92 Å². The van der Waals surface area contributed by atoms with Crippen molar-refractivity contribution in [2.75, 3.05) is 6.61 Å². The molecule has 0 bridgehead atoms. The third-order valence-electron chi connectivity index (χ3n) is 7.05. The molecule has 4 rings (SSSR count). The number of aliphatic carboxylic acids is 1.